The normalized spacial score (nSPS) is 31.1. The zero-order valence-electron chi connectivity index (χ0n) is 9.62. The molecule has 0 bridgehead atoms. The third kappa shape index (κ3) is 2.72. The first-order chi connectivity index (χ1) is 6.91. The summed E-state index contributed by atoms with van der Waals surface area (Å²) in [7, 11) is -2.71. The van der Waals surface area contributed by atoms with Crippen molar-refractivity contribution in [1.82, 2.24) is 5.32 Å². The predicted molar refractivity (Wildman–Crippen MR) is 61.6 cm³/mol. The summed E-state index contributed by atoms with van der Waals surface area (Å²) < 4.78 is 22.5. The number of nitrogens with one attached hydrogen (secondary N) is 1. The lowest BCUT2D eigenvalue weighted by atomic mass is 9.99. The summed E-state index contributed by atoms with van der Waals surface area (Å²) in [5.41, 5.74) is 0.482. The van der Waals surface area contributed by atoms with Crippen LogP contribution in [-0.4, -0.2) is 32.0 Å². The van der Waals surface area contributed by atoms with E-state index in [1.54, 1.807) is 0 Å². The standard InChI is InChI=1S/C11H21NO2S/c1-9(11(2)5-6-11)12-10-3-7-15(13,14)8-4-10/h9-10,12H,3-8H2,1-2H3. The van der Waals surface area contributed by atoms with Crippen LogP contribution in [0.5, 0.6) is 0 Å². The van der Waals surface area contributed by atoms with Crippen molar-refractivity contribution in [1.29, 1.82) is 0 Å². The maximum Gasteiger partial charge on any atom is 0.150 e. The topological polar surface area (TPSA) is 46.2 Å². The van der Waals surface area contributed by atoms with Crippen molar-refractivity contribution in [2.24, 2.45) is 5.41 Å². The number of sulfone groups is 1. The maximum absolute atomic E-state index is 11.3. The van der Waals surface area contributed by atoms with Crippen LogP contribution in [0.4, 0.5) is 0 Å². The van der Waals surface area contributed by atoms with Crippen LogP contribution in [0.25, 0.3) is 0 Å². The van der Waals surface area contributed by atoms with Gasteiger partial charge in [0.2, 0.25) is 0 Å². The molecule has 1 atom stereocenters. The van der Waals surface area contributed by atoms with E-state index >= 15 is 0 Å². The van der Waals surface area contributed by atoms with E-state index in [1.807, 2.05) is 0 Å². The highest BCUT2D eigenvalue weighted by atomic mass is 32.2. The summed E-state index contributed by atoms with van der Waals surface area (Å²) in [4.78, 5) is 0. The zero-order chi connectivity index (χ0) is 11.1. The van der Waals surface area contributed by atoms with Gasteiger partial charge in [0.15, 0.2) is 0 Å². The molecule has 0 spiro atoms. The van der Waals surface area contributed by atoms with Gasteiger partial charge < -0.3 is 5.32 Å². The molecule has 88 valence electrons. The van der Waals surface area contributed by atoms with E-state index < -0.39 is 9.84 Å². The molecule has 15 heavy (non-hydrogen) atoms. The molecule has 1 heterocycles. The molecule has 1 aliphatic heterocycles. The minimum atomic E-state index is -2.71. The molecule has 1 aliphatic carbocycles. The van der Waals surface area contributed by atoms with Crippen LogP contribution in [0.2, 0.25) is 0 Å². The van der Waals surface area contributed by atoms with Crippen molar-refractivity contribution in [3.63, 3.8) is 0 Å². The molecule has 0 radical (unpaired) electrons. The van der Waals surface area contributed by atoms with E-state index in [4.69, 9.17) is 0 Å². The number of hydrogen-bond donors (Lipinski definition) is 1. The highest BCUT2D eigenvalue weighted by Gasteiger charge is 2.43. The van der Waals surface area contributed by atoms with Crippen molar-refractivity contribution < 1.29 is 8.42 Å². The molecule has 0 aromatic carbocycles. The smallest absolute Gasteiger partial charge is 0.150 e. The first kappa shape index (κ1) is 11.4. The van der Waals surface area contributed by atoms with Crippen LogP contribution in [0, 0.1) is 5.41 Å². The lowest BCUT2D eigenvalue weighted by Gasteiger charge is -2.29. The summed E-state index contributed by atoms with van der Waals surface area (Å²) in [6.45, 7) is 4.54. The van der Waals surface area contributed by atoms with E-state index in [-0.39, 0.29) is 0 Å². The Morgan fingerprint density at radius 3 is 2.27 bits per heavy atom. The van der Waals surface area contributed by atoms with Crippen molar-refractivity contribution in [2.45, 2.75) is 51.6 Å². The minimum absolute atomic E-state index is 0.369. The van der Waals surface area contributed by atoms with Crippen molar-refractivity contribution in [2.75, 3.05) is 11.5 Å². The first-order valence-corrected chi connectivity index (χ1v) is 7.70. The van der Waals surface area contributed by atoms with Gasteiger partial charge in [0.05, 0.1) is 11.5 Å². The molecule has 4 heteroatoms. The van der Waals surface area contributed by atoms with Crippen LogP contribution in [0.1, 0.15) is 39.5 Å². The van der Waals surface area contributed by atoms with Crippen molar-refractivity contribution in [3.8, 4) is 0 Å². The maximum atomic E-state index is 11.3. The van der Waals surface area contributed by atoms with E-state index in [2.05, 4.69) is 19.2 Å². The Kier molecular flexibility index (Phi) is 2.84. The van der Waals surface area contributed by atoms with Crippen LogP contribution in [0.15, 0.2) is 0 Å². The molecule has 2 rings (SSSR count). The molecule has 1 saturated heterocycles. The summed E-state index contributed by atoms with van der Waals surface area (Å²) in [6, 6.07) is 0.948. The fourth-order valence-corrected chi connectivity index (χ4v) is 3.73. The van der Waals surface area contributed by atoms with E-state index in [9.17, 15) is 8.42 Å². The Hall–Kier alpha value is -0.0900. The Balaban J connectivity index is 1.82. The summed E-state index contributed by atoms with van der Waals surface area (Å²) >= 11 is 0. The zero-order valence-corrected chi connectivity index (χ0v) is 10.4. The molecule has 2 aliphatic rings. The van der Waals surface area contributed by atoms with Gasteiger partial charge in [0.1, 0.15) is 9.84 Å². The van der Waals surface area contributed by atoms with Gasteiger partial charge in [-0.2, -0.15) is 0 Å². The van der Waals surface area contributed by atoms with Gasteiger partial charge in [0.25, 0.3) is 0 Å². The van der Waals surface area contributed by atoms with Gasteiger partial charge in [-0.25, -0.2) is 8.42 Å². The van der Waals surface area contributed by atoms with Gasteiger partial charge in [-0.1, -0.05) is 6.92 Å². The van der Waals surface area contributed by atoms with Gasteiger partial charge in [-0.15, -0.1) is 0 Å². The Morgan fingerprint density at radius 2 is 1.80 bits per heavy atom. The van der Waals surface area contributed by atoms with Gasteiger partial charge in [-0.05, 0) is 38.0 Å². The molecule has 0 aromatic heterocycles. The average Bonchev–Trinajstić information content (AvgIpc) is 2.89. The van der Waals surface area contributed by atoms with E-state index in [0.717, 1.165) is 12.8 Å². The predicted octanol–water partition coefficient (Wildman–Crippen LogP) is 1.34. The molecule has 2 fully saturated rings. The quantitative estimate of drug-likeness (QED) is 0.797. The van der Waals surface area contributed by atoms with Gasteiger partial charge in [0, 0.05) is 12.1 Å². The average molecular weight is 231 g/mol. The van der Waals surface area contributed by atoms with E-state index in [1.165, 1.54) is 12.8 Å². The fraction of sp³-hybridized carbons (Fsp3) is 1.00. The molecular weight excluding hydrogens is 210 g/mol. The summed E-state index contributed by atoms with van der Waals surface area (Å²) in [5.74, 6) is 0.738. The van der Waals surface area contributed by atoms with Gasteiger partial charge >= 0.3 is 0 Å². The molecule has 1 unspecified atom stereocenters. The Morgan fingerprint density at radius 1 is 1.27 bits per heavy atom. The molecule has 3 nitrogen and oxygen atoms in total. The van der Waals surface area contributed by atoms with E-state index in [0.29, 0.717) is 29.0 Å². The van der Waals surface area contributed by atoms with Crippen molar-refractivity contribution in [3.05, 3.63) is 0 Å². The highest BCUT2D eigenvalue weighted by Crippen LogP contribution is 2.48. The van der Waals surface area contributed by atoms with Crippen LogP contribution < -0.4 is 5.32 Å². The molecule has 1 N–H and O–H groups in total. The second-order valence-corrected chi connectivity index (χ2v) is 7.77. The summed E-state index contributed by atoms with van der Waals surface area (Å²) in [5, 5.41) is 3.59. The number of rotatable bonds is 3. The first-order valence-electron chi connectivity index (χ1n) is 5.88. The molecule has 0 amide bonds. The lowest BCUT2D eigenvalue weighted by Crippen LogP contribution is -2.45. The minimum Gasteiger partial charge on any atom is -0.311 e. The summed E-state index contributed by atoms with van der Waals surface area (Å²) in [6.07, 6.45) is 4.21. The lowest BCUT2D eigenvalue weighted by molar-refractivity contribution is 0.324. The second-order valence-electron chi connectivity index (χ2n) is 5.47. The largest absolute Gasteiger partial charge is 0.311 e. The highest BCUT2D eigenvalue weighted by molar-refractivity contribution is 7.91. The monoisotopic (exact) mass is 231 g/mol. The fourth-order valence-electron chi connectivity index (χ4n) is 2.24. The van der Waals surface area contributed by atoms with Crippen molar-refractivity contribution >= 4 is 9.84 Å². The second kappa shape index (κ2) is 3.74. The van der Waals surface area contributed by atoms with Crippen LogP contribution >= 0.6 is 0 Å². The van der Waals surface area contributed by atoms with Gasteiger partial charge in [-0.3, -0.25) is 0 Å². The third-order valence-electron chi connectivity index (χ3n) is 4.12. The molecule has 0 aromatic rings. The van der Waals surface area contributed by atoms with Crippen LogP contribution in [-0.2, 0) is 9.84 Å². The third-order valence-corrected chi connectivity index (χ3v) is 5.84. The molecular formula is C11H21NO2S. The molecule has 1 saturated carbocycles. The number of hydrogen-bond acceptors (Lipinski definition) is 3. The van der Waals surface area contributed by atoms with Crippen LogP contribution in [0.3, 0.4) is 0 Å². The Labute approximate surface area is 92.6 Å². The Bertz CT molecular complexity index is 318. The SMILES string of the molecule is CC(NC1CCS(=O)(=O)CC1)C1(C)CC1.